The fraction of sp³-hybridized carbons (Fsp3) is 0.417. The summed E-state index contributed by atoms with van der Waals surface area (Å²) in [5, 5.41) is 7.21. The lowest BCUT2D eigenvalue weighted by Gasteiger charge is -2.15. The largest absolute Gasteiger partial charge is 0.388 e. The van der Waals surface area contributed by atoms with Gasteiger partial charge in [-0.2, -0.15) is 0 Å². The lowest BCUT2D eigenvalue weighted by Crippen LogP contribution is -2.21. The molecule has 0 aliphatic carbocycles. The molecule has 1 rings (SSSR count). The van der Waals surface area contributed by atoms with Crippen LogP contribution in [0.25, 0.3) is 0 Å². The first kappa shape index (κ1) is 11.7. The maximum atomic E-state index is 7.21. The van der Waals surface area contributed by atoms with Gasteiger partial charge in [-0.25, -0.2) is 0 Å². The van der Waals surface area contributed by atoms with Crippen molar-refractivity contribution < 1.29 is 4.74 Å². The predicted molar refractivity (Wildman–Crippen MR) is 61.8 cm³/mol. The SMILES string of the molecule is CCC(CC(=N)N)OCc1ccccc1. The van der Waals surface area contributed by atoms with Gasteiger partial charge in [0, 0.05) is 6.42 Å². The highest BCUT2D eigenvalue weighted by molar-refractivity contribution is 5.77. The second-order valence-corrected chi connectivity index (χ2v) is 3.56. The van der Waals surface area contributed by atoms with E-state index in [-0.39, 0.29) is 11.9 Å². The molecular weight excluding hydrogens is 188 g/mol. The Bertz CT molecular complexity index is 298. The van der Waals surface area contributed by atoms with E-state index in [1.807, 2.05) is 37.3 Å². The van der Waals surface area contributed by atoms with E-state index in [4.69, 9.17) is 15.9 Å². The second kappa shape index (κ2) is 6.19. The van der Waals surface area contributed by atoms with Crippen LogP contribution in [0, 0.1) is 5.41 Å². The minimum absolute atomic E-state index is 0.0581. The normalized spacial score (nSPS) is 12.3. The number of hydrogen-bond donors (Lipinski definition) is 2. The van der Waals surface area contributed by atoms with Gasteiger partial charge in [0.25, 0.3) is 0 Å². The Kier molecular flexibility index (Phi) is 4.84. The van der Waals surface area contributed by atoms with Gasteiger partial charge in [-0.05, 0) is 12.0 Å². The van der Waals surface area contributed by atoms with Crippen LogP contribution in [-0.2, 0) is 11.3 Å². The van der Waals surface area contributed by atoms with Crippen molar-refractivity contribution in [2.24, 2.45) is 5.73 Å². The van der Waals surface area contributed by atoms with Gasteiger partial charge in [-0.1, -0.05) is 37.3 Å². The summed E-state index contributed by atoms with van der Waals surface area (Å²) < 4.78 is 5.67. The first-order valence-corrected chi connectivity index (χ1v) is 5.20. The molecule has 0 fully saturated rings. The van der Waals surface area contributed by atoms with Crippen molar-refractivity contribution in [3.8, 4) is 0 Å². The molecule has 1 aromatic carbocycles. The standard InChI is InChI=1S/C12H18N2O/c1-2-11(8-12(13)14)15-9-10-6-4-3-5-7-10/h3-7,11H,2,8-9H2,1H3,(H3,13,14). The van der Waals surface area contributed by atoms with E-state index in [1.54, 1.807) is 0 Å². The zero-order chi connectivity index (χ0) is 11.1. The van der Waals surface area contributed by atoms with Crippen LogP contribution >= 0.6 is 0 Å². The average molecular weight is 206 g/mol. The molecule has 0 radical (unpaired) electrons. The van der Waals surface area contributed by atoms with E-state index in [2.05, 4.69) is 0 Å². The zero-order valence-corrected chi connectivity index (χ0v) is 9.07. The number of nitrogens with two attached hydrogens (primary N) is 1. The summed E-state index contributed by atoms with van der Waals surface area (Å²) in [5.74, 6) is 0.190. The molecule has 1 unspecified atom stereocenters. The molecule has 3 nitrogen and oxygen atoms in total. The van der Waals surface area contributed by atoms with Gasteiger partial charge in [-0.3, -0.25) is 5.41 Å². The van der Waals surface area contributed by atoms with Crippen molar-refractivity contribution in [1.29, 1.82) is 5.41 Å². The van der Waals surface area contributed by atoms with E-state index in [0.717, 1.165) is 12.0 Å². The third-order valence-corrected chi connectivity index (χ3v) is 2.23. The fourth-order valence-corrected chi connectivity index (χ4v) is 1.35. The molecule has 0 aromatic heterocycles. The van der Waals surface area contributed by atoms with E-state index in [9.17, 15) is 0 Å². The van der Waals surface area contributed by atoms with Crippen LogP contribution in [0.4, 0.5) is 0 Å². The first-order valence-electron chi connectivity index (χ1n) is 5.20. The lowest BCUT2D eigenvalue weighted by atomic mass is 10.2. The molecule has 0 saturated heterocycles. The number of rotatable bonds is 6. The van der Waals surface area contributed by atoms with E-state index < -0.39 is 0 Å². The Morgan fingerprint density at radius 3 is 2.60 bits per heavy atom. The third kappa shape index (κ3) is 4.61. The fourth-order valence-electron chi connectivity index (χ4n) is 1.35. The van der Waals surface area contributed by atoms with Crippen LogP contribution in [0.2, 0.25) is 0 Å². The van der Waals surface area contributed by atoms with Gasteiger partial charge in [-0.15, -0.1) is 0 Å². The number of benzene rings is 1. The number of nitrogens with one attached hydrogen (secondary N) is 1. The number of hydrogen-bond acceptors (Lipinski definition) is 2. The number of amidine groups is 1. The quantitative estimate of drug-likeness (QED) is 0.554. The highest BCUT2D eigenvalue weighted by atomic mass is 16.5. The Morgan fingerprint density at radius 1 is 1.40 bits per heavy atom. The maximum Gasteiger partial charge on any atom is 0.0931 e. The van der Waals surface area contributed by atoms with Crippen molar-refractivity contribution in [2.75, 3.05) is 0 Å². The molecule has 0 aliphatic heterocycles. The second-order valence-electron chi connectivity index (χ2n) is 3.56. The summed E-state index contributed by atoms with van der Waals surface area (Å²) in [4.78, 5) is 0. The van der Waals surface area contributed by atoms with Gasteiger partial charge in [0.2, 0.25) is 0 Å². The van der Waals surface area contributed by atoms with Crippen molar-refractivity contribution in [2.45, 2.75) is 32.5 Å². The summed E-state index contributed by atoms with van der Waals surface area (Å²) in [6.45, 7) is 2.63. The van der Waals surface area contributed by atoms with Crippen LogP contribution in [-0.4, -0.2) is 11.9 Å². The molecule has 0 bridgehead atoms. The summed E-state index contributed by atoms with van der Waals surface area (Å²) in [6, 6.07) is 10.0. The predicted octanol–water partition coefficient (Wildman–Crippen LogP) is 2.31. The van der Waals surface area contributed by atoms with Gasteiger partial charge in [0.1, 0.15) is 0 Å². The third-order valence-electron chi connectivity index (χ3n) is 2.23. The Hall–Kier alpha value is -1.35. The highest BCUT2D eigenvalue weighted by Crippen LogP contribution is 2.08. The Labute approximate surface area is 90.8 Å². The van der Waals surface area contributed by atoms with Gasteiger partial charge >= 0.3 is 0 Å². The van der Waals surface area contributed by atoms with Crippen LogP contribution < -0.4 is 5.73 Å². The molecule has 82 valence electrons. The molecule has 0 amide bonds. The molecule has 15 heavy (non-hydrogen) atoms. The van der Waals surface area contributed by atoms with Gasteiger partial charge in [0.05, 0.1) is 18.5 Å². The molecule has 1 aromatic rings. The lowest BCUT2D eigenvalue weighted by molar-refractivity contribution is 0.0428. The molecule has 0 saturated carbocycles. The number of ether oxygens (including phenoxy) is 1. The first-order chi connectivity index (χ1) is 7.22. The summed E-state index contributed by atoms with van der Waals surface area (Å²) in [5.41, 5.74) is 6.49. The van der Waals surface area contributed by atoms with Crippen LogP contribution in [0.15, 0.2) is 30.3 Å². The molecule has 1 atom stereocenters. The van der Waals surface area contributed by atoms with Gasteiger partial charge < -0.3 is 10.5 Å². The molecular formula is C12H18N2O. The Balaban J connectivity index is 2.37. The van der Waals surface area contributed by atoms with Crippen LogP contribution in [0.3, 0.4) is 0 Å². The zero-order valence-electron chi connectivity index (χ0n) is 9.07. The molecule has 3 heteroatoms. The minimum atomic E-state index is 0.0581. The molecule has 0 aliphatic rings. The van der Waals surface area contributed by atoms with E-state index >= 15 is 0 Å². The molecule has 3 N–H and O–H groups in total. The van der Waals surface area contributed by atoms with E-state index in [1.165, 1.54) is 0 Å². The highest BCUT2D eigenvalue weighted by Gasteiger charge is 2.07. The molecule has 0 heterocycles. The van der Waals surface area contributed by atoms with Crippen molar-refractivity contribution in [1.82, 2.24) is 0 Å². The topological polar surface area (TPSA) is 59.1 Å². The maximum absolute atomic E-state index is 7.21. The van der Waals surface area contributed by atoms with Crippen molar-refractivity contribution >= 4 is 5.84 Å². The smallest absolute Gasteiger partial charge is 0.0931 e. The van der Waals surface area contributed by atoms with Crippen molar-refractivity contribution in [3.63, 3.8) is 0 Å². The van der Waals surface area contributed by atoms with Crippen LogP contribution in [0.5, 0.6) is 0 Å². The minimum Gasteiger partial charge on any atom is -0.388 e. The summed E-state index contributed by atoms with van der Waals surface area (Å²) in [6.07, 6.45) is 1.46. The monoisotopic (exact) mass is 206 g/mol. The molecule has 0 spiro atoms. The summed E-state index contributed by atoms with van der Waals surface area (Å²) >= 11 is 0. The Morgan fingerprint density at radius 2 is 2.07 bits per heavy atom. The van der Waals surface area contributed by atoms with Crippen LogP contribution in [0.1, 0.15) is 25.3 Å². The average Bonchev–Trinajstić information content (AvgIpc) is 2.25. The van der Waals surface area contributed by atoms with Gasteiger partial charge in [0.15, 0.2) is 0 Å². The van der Waals surface area contributed by atoms with E-state index in [0.29, 0.717) is 13.0 Å². The van der Waals surface area contributed by atoms with Crippen molar-refractivity contribution in [3.05, 3.63) is 35.9 Å². The summed E-state index contributed by atoms with van der Waals surface area (Å²) in [7, 11) is 0.